The number of halogens is 1. The van der Waals surface area contributed by atoms with Gasteiger partial charge in [-0.2, -0.15) is 5.10 Å². The van der Waals surface area contributed by atoms with Crippen molar-refractivity contribution in [2.24, 2.45) is 0 Å². The number of hydrogen-bond donors (Lipinski definition) is 1. The number of anilines is 1. The van der Waals surface area contributed by atoms with Gasteiger partial charge >= 0.3 is 0 Å². The van der Waals surface area contributed by atoms with Gasteiger partial charge in [0, 0.05) is 18.7 Å². The molecule has 1 aromatic carbocycles. The Morgan fingerprint density at radius 3 is 2.84 bits per heavy atom. The summed E-state index contributed by atoms with van der Waals surface area (Å²) >= 11 is 0. The molecule has 102 valence electrons. The van der Waals surface area contributed by atoms with E-state index in [1.54, 1.807) is 10.9 Å². The summed E-state index contributed by atoms with van der Waals surface area (Å²) in [4.78, 5) is 0. The van der Waals surface area contributed by atoms with E-state index in [-0.39, 0.29) is 11.4 Å². The van der Waals surface area contributed by atoms with E-state index in [1.165, 1.54) is 25.4 Å². The molecular weight excluding hydrogens is 249 g/mol. The average molecular weight is 265 g/mol. The van der Waals surface area contributed by atoms with Crippen LogP contribution in [0.1, 0.15) is 13.3 Å². The summed E-state index contributed by atoms with van der Waals surface area (Å²) in [5.41, 5.74) is 5.83. The Balaban J connectivity index is 2.22. The Morgan fingerprint density at radius 1 is 1.37 bits per heavy atom. The molecule has 19 heavy (non-hydrogen) atoms. The molecule has 1 heterocycles. The van der Waals surface area contributed by atoms with Crippen LogP contribution in [0, 0.1) is 5.82 Å². The highest BCUT2D eigenvalue weighted by atomic mass is 19.1. The van der Waals surface area contributed by atoms with Crippen molar-refractivity contribution in [3.63, 3.8) is 0 Å². The number of ether oxygens (including phenoxy) is 2. The lowest BCUT2D eigenvalue weighted by Crippen LogP contribution is -1.96. The summed E-state index contributed by atoms with van der Waals surface area (Å²) < 4.78 is 25.9. The van der Waals surface area contributed by atoms with Crippen LogP contribution in [0.4, 0.5) is 10.1 Å². The van der Waals surface area contributed by atoms with Gasteiger partial charge in [0.05, 0.1) is 25.2 Å². The lowest BCUT2D eigenvalue weighted by Gasteiger charge is -2.09. The highest BCUT2D eigenvalue weighted by molar-refractivity contribution is 5.56. The van der Waals surface area contributed by atoms with Crippen LogP contribution in [0.15, 0.2) is 24.5 Å². The number of aromatic nitrogens is 2. The van der Waals surface area contributed by atoms with Gasteiger partial charge in [0.1, 0.15) is 5.75 Å². The molecule has 2 N–H and O–H groups in total. The minimum atomic E-state index is -0.540. The molecule has 2 rings (SSSR count). The van der Waals surface area contributed by atoms with E-state index in [4.69, 9.17) is 15.2 Å². The van der Waals surface area contributed by atoms with Crippen molar-refractivity contribution in [2.45, 2.75) is 19.9 Å². The fraction of sp³-hybridized carbons (Fsp3) is 0.308. The second-order valence-corrected chi connectivity index (χ2v) is 4.07. The summed E-state index contributed by atoms with van der Waals surface area (Å²) in [6.45, 7) is 2.84. The molecule has 5 nitrogen and oxygen atoms in total. The molecule has 6 heteroatoms. The van der Waals surface area contributed by atoms with E-state index in [9.17, 15) is 4.39 Å². The summed E-state index contributed by atoms with van der Waals surface area (Å²) in [5.74, 6) is 0.361. The van der Waals surface area contributed by atoms with Crippen LogP contribution in [0.5, 0.6) is 17.2 Å². The van der Waals surface area contributed by atoms with Crippen LogP contribution in [0.3, 0.4) is 0 Å². The minimum absolute atomic E-state index is 0.0575. The average Bonchev–Trinajstić information content (AvgIpc) is 2.81. The standard InChI is InChI=1S/C13H16FN3O2/c1-3-4-17-8-9(7-16-17)19-12-6-13(18-2)11(15)5-10(12)14/h5-8H,3-4,15H2,1-2H3. The first-order chi connectivity index (χ1) is 9.13. The SMILES string of the molecule is CCCn1cc(Oc2cc(OC)c(N)cc2F)cn1. The van der Waals surface area contributed by atoms with E-state index in [1.807, 2.05) is 6.92 Å². The summed E-state index contributed by atoms with van der Waals surface area (Å²) in [6.07, 6.45) is 4.22. The van der Waals surface area contributed by atoms with Crippen molar-refractivity contribution in [1.82, 2.24) is 9.78 Å². The molecule has 0 saturated carbocycles. The van der Waals surface area contributed by atoms with Crippen LogP contribution in [-0.2, 0) is 6.54 Å². The normalized spacial score (nSPS) is 10.5. The molecule has 2 aromatic rings. The summed E-state index contributed by atoms with van der Waals surface area (Å²) in [7, 11) is 1.46. The van der Waals surface area contributed by atoms with Gasteiger partial charge in [0.25, 0.3) is 0 Å². The first kappa shape index (κ1) is 13.2. The molecule has 0 radical (unpaired) electrons. The molecule has 0 fully saturated rings. The maximum absolute atomic E-state index is 13.7. The zero-order chi connectivity index (χ0) is 13.8. The highest BCUT2D eigenvalue weighted by Gasteiger charge is 2.11. The summed E-state index contributed by atoms with van der Waals surface area (Å²) in [5, 5.41) is 4.11. The lowest BCUT2D eigenvalue weighted by molar-refractivity contribution is 0.403. The maximum Gasteiger partial charge on any atom is 0.168 e. The van der Waals surface area contributed by atoms with Gasteiger partial charge in [-0.25, -0.2) is 4.39 Å². The number of rotatable bonds is 5. The van der Waals surface area contributed by atoms with Crippen molar-refractivity contribution in [3.05, 3.63) is 30.3 Å². The largest absolute Gasteiger partial charge is 0.494 e. The highest BCUT2D eigenvalue weighted by Crippen LogP contribution is 2.32. The van der Waals surface area contributed by atoms with Crippen LogP contribution >= 0.6 is 0 Å². The van der Waals surface area contributed by atoms with Gasteiger partial charge in [-0.1, -0.05) is 6.92 Å². The maximum atomic E-state index is 13.7. The molecule has 0 saturated heterocycles. The molecule has 0 bridgehead atoms. The number of aryl methyl sites for hydroxylation is 1. The first-order valence-electron chi connectivity index (χ1n) is 5.97. The van der Waals surface area contributed by atoms with Gasteiger partial charge in [0.15, 0.2) is 17.3 Å². The Hall–Kier alpha value is -2.24. The zero-order valence-electron chi connectivity index (χ0n) is 10.9. The fourth-order valence-electron chi connectivity index (χ4n) is 1.68. The predicted molar refractivity (Wildman–Crippen MR) is 70.0 cm³/mol. The van der Waals surface area contributed by atoms with E-state index >= 15 is 0 Å². The lowest BCUT2D eigenvalue weighted by atomic mass is 10.2. The van der Waals surface area contributed by atoms with Gasteiger partial charge < -0.3 is 15.2 Å². The van der Waals surface area contributed by atoms with Crippen LogP contribution < -0.4 is 15.2 Å². The molecule has 0 spiro atoms. The van der Waals surface area contributed by atoms with Crippen molar-refractivity contribution < 1.29 is 13.9 Å². The van der Waals surface area contributed by atoms with E-state index in [0.717, 1.165) is 13.0 Å². The van der Waals surface area contributed by atoms with Gasteiger partial charge in [-0.05, 0) is 6.42 Å². The second-order valence-electron chi connectivity index (χ2n) is 4.07. The number of hydrogen-bond acceptors (Lipinski definition) is 4. The zero-order valence-corrected chi connectivity index (χ0v) is 10.9. The fourth-order valence-corrected chi connectivity index (χ4v) is 1.68. The van der Waals surface area contributed by atoms with Crippen LogP contribution in [0.2, 0.25) is 0 Å². The summed E-state index contributed by atoms with van der Waals surface area (Å²) in [6, 6.07) is 2.59. The third-order valence-corrected chi connectivity index (χ3v) is 2.57. The van der Waals surface area contributed by atoms with E-state index in [0.29, 0.717) is 11.5 Å². The van der Waals surface area contributed by atoms with Gasteiger partial charge in [-0.3, -0.25) is 4.68 Å². The van der Waals surface area contributed by atoms with Crippen molar-refractivity contribution in [2.75, 3.05) is 12.8 Å². The van der Waals surface area contributed by atoms with Gasteiger partial charge in [0.2, 0.25) is 0 Å². The molecule has 0 unspecified atom stereocenters. The van der Waals surface area contributed by atoms with E-state index < -0.39 is 5.82 Å². The number of methoxy groups -OCH3 is 1. The van der Waals surface area contributed by atoms with Crippen LogP contribution in [-0.4, -0.2) is 16.9 Å². The number of nitrogen functional groups attached to an aromatic ring is 1. The molecule has 0 aliphatic heterocycles. The smallest absolute Gasteiger partial charge is 0.168 e. The topological polar surface area (TPSA) is 62.3 Å². The second kappa shape index (κ2) is 5.60. The minimum Gasteiger partial charge on any atom is -0.494 e. The van der Waals surface area contributed by atoms with Gasteiger partial charge in [-0.15, -0.1) is 0 Å². The van der Waals surface area contributed by atoms with E-state index in [2.05, 4.69) is 5.10 Å². The van der Waals surface area contributed by atoms with Crippen molar-refractivity contribution in [3.8, 4) is 17.2 Å². The Morgan fingerprint density at radius 2 is 2.16 bits per heavy atom. The Kier molecular flexibility index (Phi) is 3.89. The third-order valence-electron chi connectivity index (χ3n) is 2.57. The van der Waals surface area contributed by atoms with Crippen molar-refractivity contribution in [1.29, 1.82) is 0 Å². The quantitative estimate of drug-likeness (QED) is 0.844. The number of benzene rings is 1. The molecule has 0 aliphatic rings. The molecule has 0 aliphatic carbocycles. The molecular formula is C13H16FN3O2. The molecule has 1 aromatic heterocycles. The Labute approximate surface area is 110 Å². The third kappa shape index (κ3) is 2.96. The monoisotopic (exact) mass is 265 g/mol. The predicted octanol–water partition coefficient (Wildman–Crippen LogP) is 2.82. The first-order valence-corrected chi connectivity index (χ1v) is 5.97. The number of nitrogens with two attached hydrogens (primary N) is 1. The Bertz CT molecular complexity index is 569. The van der Waals surface area contributed by atoms with Crippen molar-refractivity contribution >= 4 is 5.69 Å². The molecule has 0 amide bonds. The number of nitrogens with zero attached hydrogens (tertiary/aromatic N) is 2. The molecule has 0 atom stereocenters. The van der Waals surface area contributed by atoms with Crippen LogP contribution in [0.25, 0.3) is 0 Å².